The summed E-state index contributed by atoms with van der Waals surface area (Å²) in [7, 11) is 0. The summed E-state index contributed by atoms with van der Waals surface area (Å²) < 4.78 is 20.9. The monoisotopic (exact) mass is 296 g/mol. The van der Waals surface area contributed by atoms with Gasteiger partial charge in [0.15, 0.2) is 0 Å². The van der Waals surface area contributed by atoms with Gasteiger partial charge in [0.25, 0.3) is 0 Å². The number of ether oxygens (including phenoxy) is 1. The predicted octanol–water partition coefficient (Wildman–Crippen LogP) is 0.935. The predicted molar refractivity (Wildman–Crippen MR) is 75.4 cm³/mol. The van der Waals surface area contributed by atoms with E-state index in [2.05, 4.69) is 10.4 Å². The van der Waals surface area contributed by atoms with Crippen LogP contribution in [-0.2, 0) is 16.1 Å². The molecule has 1 saturated carbocycles. The molecule has 0 aromatic carbocycles. The van der Waals surface area contributed by atoms with Crippen molar-refractivity contribution in [3.8, 4) is 0 Å². The number of carbonyl (C=O) groups is 1. The molecular weight excluding hydrogens is 275 g/mol. The topological polar surface area (TPSA) is 82.2 Å². The molecule has 1 aromatic heterocycles. The minimum absolute atomic E-state index is 0.0175. The first-order chi connectivity index (χ1) is 10.1. The second-order valence-electron chi connectivity index (χ2n) is 6.08. The molecular formula is C14H21FN4O2. The number of nitrogens with zero attached hydrogens (tertiary/aromatic N) is 2. The highest BCUT2D eigenvalue weighted by atomic mass is 19.1. The molecule has 1 saturated heterocycles. The van der Waals surface area contributed by atoms with Gasteiger partial charge in [-0.05, 0) is 19.3 Å². The number of nitrogens with two attached hydrogens (primary N) is 1. The molecule has 1 aliphatic heterocycles. The molecule has 1 amide bonds. The van der Waals surface area contributed by atoms with Gasteiger partial charge in [0.05, 0.1) is 12.8 Å². The van der Waals surface area contributed by atoms with Gasteiger partial charge in [-0.25, -0.2) is 9.07 Å². The Bertz CT molecular complexity index is 507. The third-order valence-corrected chi connectivity index (χ3v) is 4.38. The average molecular weight is 296 g/mol. The number of carbonyl (C=O) groups excluding carboxylic acids is 1. The second kappa shape index (κ2) is 5.73. The quantitative estimate of drug-likeness (QED) is 0.847. The van der Waals surface area contributed by atoms with Crippen molar-refractivity contribution in [1.29, 1.82) is 0 Å². The molecule has 3 rings (SSSR count). The molecule has 3 N–H and O–H groups in total. The first kappa shape index (κ1) is 14.5. The molecule has 2 aliphatic rings. The Hall–Kier alpha value is -1.47. The lowest BCUT2D eigenvalue weighted by atomic mass is 9.72. The lowest BCUT2D eigenvalue weighted by Crippen LogP contribution is -2.50. The maximum absolute atomic E-state index is 13.7. The fourth-order valence-electron chi connectivity index (χ4n) is 2.96. The Morgan fingerprint density at radius 2 is 2.43 bits per heavy atom. The molecule has 1 aliphatic carbocycles. The van der Waals surface area contributed by atoms with Gasteiger partial charge in [-0.15, -0.1) is 0 Å². The summed E-state index contributed by atoms with van der Waals surface area (Å²) >= 11 is 0. The molecule has 116 valence electrons. The summed E-state index contributed by atoms with van der Waals surface area (Å²) in [6, 6.07) is 1.76. The molecule has 2 fully saturated rings. The zero-order valence-corrected chi connectivity index (χ0v) is 11.9. The van der Waals surface area contributed by atoms with Crippen LogP contribution in [-0.4, -0.2) is 41.1 Å². The zero-order chi connectivity index (χ0) is 14.9. The van der Waals surface area contributed by atoms with Gasteiger partial charge in [-0.1, -0.05) is 0 Å². The third kappa shape index (κ3) is 3.08. The number of aromatic nitrogens is 2. The zero-order valence-electron chi connectivity index (χ0n) is 11.9. The molecule has 1 atom stereocenters. The van der Waals surface area contributed by atoms with Gasteiger partial charge in [-0.3, -0.25) is 4.79 Å². The first-order valence-corrected chi connectivity index (χ1v) is 7.39. The van der Waals surface area contributed by atoms with E-state index >= 15 is 0 Å². The van der Waals surface area contributed by atoms with Crippen molar-refractivity contribution in [2.24, 2.45) is 17.6 Å². The van der Waals surface area contributed by atoms with E-state index in [1.165, 1.54) is 0 Å². The fourth-order valence-corrected chi connectivity index (χ4v) is 2.96. The number of anilines is 1. The highest BCUT2D eigenvalue weighted by molar-refractivity contribution is 5.92. The summed E-state index contributed by atoms with van der Waals surface area (Å²) in [4.78, 5) is 12.1. The van der Waals surface area contributed by atoms with Crippen molar-refractivity contribution in [2.45, 2.75) is 31.5 Å². The Morgan fingerprint density at radius 1 is 1.62 bits per heavy atom. The van der Waals surface area contributed by atoms with Crippen LogP contribution in [0.25, 0.3) is 0 Å². The molecule has 21 heavy (non-hydrogen) atoms. The number of hydrogen-bond donors (Lipinski definition) is 2. The van der Waals surface area contributed by atoms with E-state index in [9.17, 15) is 9.18 Å². The highest BCUT2D eigenvalue weighted by Crippen LogP contribution is 2.40. The smallest absolute Gasteiger partial charge is 0.228 e. The number of amides is 1. The minimum atomic E-state index is -1.36. The van der Waals surface area contributed by atoms with Crippen LogP contribution in [0, 0.1) is 11.8 Å². The average Bonchev–Trinajstić information content (AvgIpc) is 3.08. The summed E-state index contributed by atoms with van der Waals surface area (Å²) in [5, 5.41) is 7.07. The van der Waals surface area contributed by atoms with Crippen LogP contribution in [0.3, 0.4) is 0 Å². The SMILES string of the molecule is NCC1(F)CC(C(=O)Nc2ccnn2CC2CCOC2)C1. The van der Waals surface area contributed by atoms with E-state index in [1.807, 2.05) is 0 Å². The molecule has 6 nitrogen and oxygen atoms in total. The fraction of sp³-hybridized carbons (Fsp3) is 0.714. The lowest BCUT2D eigenvalue weighted by Gasteiger charge is -2.39. The molecule has 0 radical (unpaired) electrons. The van der Waals surface area contributed by atoms with E-state index in [-0.39, 0.29) is 31.2 Å². The van der Waals surface area contributed by atoms with Crippen molar-refractivity contribution in [3.63, 3.8) is 0 Å². The van der Waals surface area contributed by atoms with Crippen molar-refractivity contribution < 1.29 is 13.9 Å². The van der Waals surface area contributed by atoms with Crippen molar-refractivity contribution in [1.82, 2.24) is 9.78 Å². The molecule has 0 bridgehead atoms. The number of alkyl halides is 1. The van der Waals surface area contributed by atoms with Gasteiger partial charge in [-0.2, -0.15) is 5.10 Å². The molecule has 7 heteroatoms. The molecule has 1 aromatic rings. The van der Waals surface area contributed by atoms with Crippen LogP contribution >= 0.6 is 0 Å². The van der Waals surface area contributed by atoms with Crippen LogP contribution in [0.4, 0.5) is 10.2 Å². The maximum Gasteiger partial charge on any atom is 0.228 e. The van der Waals surface area contributed by atoms with Gasteiger partial charge in [0, 0.05) is 37.6 Å². The van der Waals surface area contributed by atoms with E-state index in [1.54, 1.807) is 16.9 Å². The normalized spacial score (nSPS) is 31.9. The number of halogens is 1. The van der Waals surface area contributed by atoms with Gasteiger partial charge < -0.3 is 15.8 Å². The Kier molecular flexibility index (Phi) is 3.95. The first-order valence-electron chi connectivity index (χ1n) is 7.39. The van der Waals surface area contributed by atoms with E-state index in [0.717, 1.165) is 26.2 Å². The second-order valence-corrected chi connectivity index (χ2v) is 6.08. The third-order valence-electron chi connectivity index (χ3n) is 4.38. The lowest BCUT2D eigenvalue weighted by molar-refractivity contribution is -0.128. The van der Waals surface area contributed by atoms with Crippen LogP contribution in [0.15, 0.2) is 12.3 Å². The van der Waals surface area contributed by atoms with Gasteiger partial charge in [0.1, 0.15) is 11.5 Å². The van der Waals surface area contributed by atoms with Crippen LogP contribution < -0.4 is 11.1 Å². The van der Waals surface area contributed by atoms with Crippen molar-refractivity contribution in [3.05, 3.63) is 12.3 Å². The van der Waals surface area contributed by atoms with E-state index in [4.69, 9.17) is 10.5 Å². The summed E-state index contributed by atoms with van der Waals surface area (Å²) in [6.45, 7) is 2.23. The Balaban J connectivity index is 1.56. The van der Waals surface area contributed by atoms with Crippen LogP contribution in [0.5, 0.6) is 0 Å². The minimum Gasteiger partial charge on any atom is -0.381 e. The standard InChI is InChI=1S/C14H21FN4O2/c15-14(9-16)5-11(6-14)13(20)18-12-1-3-17-19(12)7-10-2-4-21-8-10/h1,3,10-11H,2,4-9,16H2,(H,18,20). The highest BCUT2D eigenvalue weighted by Gasteiger charge is 2.47. The molecule has 1 unspecified atom stereocenters. The molecule has 0 spiro atoms. The van der Waals surface area contributed by atoms with Crippen LogP contribution in [0.2, 0.25) is 0 Å². The summed E-state index contributed by atoms with van der Waals surface area (Å²) in [5.74, 6) is 0.647. The number of rotatable bonds is 5. The molecule has 2 heterocycles. The number of hydrogen-bond acceptors (Lipinski definition) is 4. The van der Waals surface area contributed by atoms with Gasteiger partial charge in [0.2, 0.25) is 5.91 Å². The Morgan fingerprint density at radius 3 is 3.10 bits per heavy atom. The largest absolute Gasteiger partial charge is 0.381 e. The summed E-state index contributed by atoms with van der Waals surface area (Å²) in [6.07, 6.45) is 3.09. The Labute approximate surface area is 122 Å². The summed E-state index contributed by atoms with van der Waals surface area (Å²) in [5.41, 5.74) is 3.99. The van der Waals surface area contributed by atoms with E-state index < -0.39 is 5.67 Å². The van der Waals surface area contributed by atoms with E-state index in [0.29, 0.717) is 11.7 Å². The van der Waals surface area contributed by atoms with Gasteiger partial charge >= 0.3 is 0 Å². The van der Waals surface area contributed by atoms with Crippen molar-refractivity contribution >= 4 is 11.7 Å². The maximum atomic E-state index is 13.7. The van der Waals surface area contributed by atoms with Crippen molar-refractivity contribution in [2.75, 3.05) is 25.1 Å². The number of nitrogens with one attached hydrogen (secondary N) is 1. The van der Waals surface area contributed by atoms with Crippen LogP contribution in [0.1, 0.15) is 19.3 Å².